The van der Waals surface area contributed by atoms with Gasteiger partial charge in [-0.25, -0.2) is 9.97 Å². The third-order valence-electron chi connectivity index (χ3n) is 2.37. The fourth-order valence-corrected chi connectivity index (χ4v) is 1.13. The average molecular weight is 209 g/mol. The van der Waals surface area contributed by atoms with Crippen molar-refractivity contribution in [2.75, 3.05) is 12.4 Å². The number of aromatic nitrogens is 2. The van der Waals surface area contributed by atoms with Crippen molar-refractivity contribution in [1.29, 1.82) is 0 Å². The van der Waals surface area contributed by atoms with Crippen molar-refractivity contribution >= 4 is 5.82 Å². The van der Waals surface area contributed by atoms with Gasteiger partial charge in [-0.1, -0.05) is 6.92 Å². The van der Waals surface area contributed by atoms with Crippen LogP contribution in [0, 0.1) is 0 Å². The number of nitrogens with one attached hydrogen (secondary N) is 1. The van der Waals surface area contributed by atoms with Gasteiger partial charge in [-0.15, -0.1) is 0 Å². The minimum atomic E-state index is 0.0543. The van der Waals surface area contributed by atoms with E-state index < -0.39 is 0 Å². The third kappa shape index (κ3) is 3.83. The Morgan fingerprint density at radius 2 is 2.13 bits per heavy atom. The van der Waals surface area contributed by atoms with Gasteiger partial charge in [-0.05, 0) is 20.3 Å². The van der Waals surface area contributed by atoms with Crippen molar-refractivity contribution in [3.05, 3.63) is 18.1 Å². The highest BCUT2D eigenvalue weighted by atomic mass is 16.5. The predicted octanol–water partition coefficient (Wildman–Crippen LogP) is 2.22. The molecule has 4 heteroatoms. The summed E-state index contributed by atoms with van der Waals surface area (Å²) in [7, 11) is 1.66. The summed E-state index contributed by atoms with van der Waals surface area (Å²) in [6.45, 7) is 6.95. The third-order valence-corrected chi connectivity index (χ3v) is 2.37. The molecule has 0 fully saturated rings. The van der Waals surface area contributed by atoms with Gasteiger partial charge >= 0.3 is 0 Å². The molecule has 4 nitrogen and oxygen atoms in total. The summed E-state index contributed by atoms with van der Waals surface area (Å²) in [6, 6.07) is 1.92. The molecular formula is C11H19N3O. The number of rotatable bonds is 5. The second-order valence-corrected chi connectivity index (χ2v) is 4.19. The molecule has 0 aliphatic rings. The van der Waals surface area contributed by atoms with Crippen molar-refractivity contribution in [3.8, 4) is 0 Å². The van der Waals surface area contributed by atoms with Crippen LogP contribution in [0.5, 0.6) is 0 Å². The molecule has 0 aliphatic carbocycles. The first-order chi connectivity index (χ1) is 7.07. The van der Waals surface area contributed by atoms with Gasteiger partial charge in [0.05, 0.1) is 12.3 Å². The Bertz CT molecular complexity index is 312. The highest BCUT2D eigenvalue weighted by Crippen LogP contribution is 2.15. The average Bonchev–Trinajstić information content (AvgIpc) is 2.18. The van der Waals surface area contributed by atoms with Gasteiger partial charge in [0.25, 0.3) is 0 Å². The standard InChI is InChI=1S/C11H19N3O/c1-5-11(2,3)14-10-6-9(7-15-4)12-8-13-10/h6,8H,5,7H2,1-4H3,(H,12,13,14). The van der Waals surface area contributed by atoms with E-state index in [2.05, 4.69) is 36.1 Å². The minimum Gasteiger partial charge on any atom is -0.378 e. The first kappa shape index (κ1) is 11.9. The maximum Gasteiger partial charge on any atom is 0.130 e. The van der Waals surface area contributed by atoms with Crippen LogP contribution in [0.4, 0.5) is 5.82 Å². The van der Waals surface area contributed by atoms with E-state index >= 15 is 0 Å². The Balaban J connectivity index is 2.73. The van der Waals surface area contributed by atoms with Crippen LogP contribution in [0.3, 0.4) is 0 Å². The van der Waals surface area contributed by atoms with E-state index in [0.717, 1.165) is 17.9 Å². The normalized spacial score (nSPS) is 11.5. The van der Waals surface area contributed by atoms with E-state index in [1.165, 1.54) is 0 Å². The van der Waals surface area contributed by atoms with Gasteiger partial charge in [-0.3, -0.25) is 0 Å². The van der Waals surface area contributed by atoms with Crippen LogP contribution in [0.1, 0.15) is 32.9 Å². The van der Waals surface area contributed by atoms with Crippen molar-refractivity contribution in [3.63, 3.8) is 0 Å². The van der Waals surface area contributed by atoms with E-state index in [0.29, 0.717) is 6.61 Å². The van der Waals surface area contributed by atoms with E-state index in [4.69, 9.17) is 4.74 Å². The molecule has 84 valence electrons. The molecule has 0 radical (unpaired) electrons. The molecule has 0 saturated carbocycles. The number of nitrogens with zero attached hydrogens (tertiary/aromatic N) is 2. The number of methoxy groups -OCH3 is 1. The molecule has 0 aliphatic heterocycles. The van der Waals surface area contributed by atoms with Crippen molar-refractivity contribution in [2.45, 2.75) is 39.3 Å². The Morgan fingerprint density at radius 3 is 2.73 bits per heavy atom. The fourth-order valence-electron chi connectivity index (χ4n) is 1.13. The second-order valence-electron chi connectivity index (χ2n) is 4.19. The number of anilines is 1. The first-order valence-corrected chi connectivity index (χ1v) is 5.15. The Kier molecular flexibility index (Phi) is 4.03. The van der Waals surface area contributed by atoms with Gasteiger partial charge in [0.1, 0.15) is 12.1 Å². The molecule has 0 aromatic carbocycles. The molecule has 0 saturated heterocycles. The van der Waals surface area contributed by atoms with Gasteiger partial charge in [0, 0.05) is 18.7 Å². The summed E-state index contributed by atoms with van der Waals surface area (Å²) in [5, 5.41) is 3.36. The lowest BCUT2D eigenvalue weighted by Crippen LogP contribution is -2.30. The van der Waals surface area contributed by atoms with E-state index in [1.54, 1.807) is 13.4 Å². The van der Waals surface area contributed by atoms with Crippen molar-refractivity contribution < 1.29 is 4.74 Å². The summed E-state index contributed by atoms with van der Waals surface area (Å²) in [5.74, 6) is 0.851. The number of ether oxygens (including phenoxy) is 1. The molecule has 1 aromatic rings. The predicted molar refractivity (Wildman–Crippen MR) is 60.7 cm³/mol. The molecule has 1 heterocycles. The largest absolute Gasteiger partial charge is 0.378 e. The summed E-state index contributed by atoms with van der Waals surface area (Å²) in [5.41, 5.74) is 0.945. The van der Waals surface area contributed by atoms with Gasteiger partial charge in [0.2, 0.25) is 0 Å². The number of hydrogen-bond donors (Lipinski definition) is 1. The van der Waals surface area contributed by atoms with Crippen LogP contribution < -0.4 is 5.32 Å². The van der Waals surface area contributed by atoms with Gasteiger partial charge < -0.3 is 10.1 Å². The lowest BCUT2D eigenvalue weighted by Gasteiger charge is -2.25. The van der Waals surface area contributed by atoms with E-state index in [9.17, 15) is 0 Å². The molecular weight excluding hydrogens is 190 g/mol. The zero-order valence-corrected chi connectivity index (χ0v) is 9.87. The summed E-state index contributed by atoms with van der Waals surface area (Å²) in [6.07, 6.45) is 2.60. The zero-order valence-electron chi connectivity index (χ0n) is 9.87. The topological polar surface area (TPSA) is 47.0 Å². The zero-order chi connectivity index (χ0) is 11.3. The molecule has 0 amide bonds. The quantitative estimate of drug-likeness (QED) is 0.807. The SMILES string of the molecule is CCC(C)(C)Nc1cc(COC)ncn1. The molecule has 1 rings (SSSR count). The monoisotopic (exact) mass is 209 g/mol. The van der Waals surface area contributed by atoms with Crippen LogP contribution >= 0.6 is 0 Å². The fraction of sp³-hybridized carbons (Fsp3) is 0.636. The minimum absolute atomic E-state index is 0.0543. The van der Waals surface area contributed by atoms with Gasteiger partial charge in [0.15, 0.2) is 0 Å². The molecule has 1 aromatic heterocycles. The molecule has 0 spiro atoms. The van der Waals surface area contributed by atoms with Gasteiger partial charge in [-0.2, -0.15) is 0 Å². The van der Waals surface area contributed by atoms with Crippen LogP contribution in [0.25, 0.3) is 0 Å². The van der Waals surface area contributed by atoms with E-state index in [1.807, 2.05) is 6.07 Å². The van der Waals surface area contributed by atoms with Crippen molar-refractivity contribution in [1.82, 2.24) is 9.97 Å². The van der Waals surface area contributed by atoms with Crippen molar-refractivity contribution in [2.24, 2.45) is 0 Å². The van der Waals surface area contributed by atoms with Crippen LogP contribution in [-0.2, 0) is 11.3 Å². The number of hydrogen-bond acceptors (Lipinski definition) is 4. The lowest BCUT2D eigenvalue weighted by molar-refractivity contribution is 0.181. The molecule has 1 N–H and O–H groups in total. The summed E-state index contributed by atoms with van der Waals surface area (Å²) in [4.78, 5) is 8.29. The van der Waals surface area contributed by atoms with E-state index in [-0.39, 0.29) is 5.54 Å². The Labute approximate surface area is 91.1 Å². The summed E-state index contributed by atoms with van der Waals surface area (Å²) < 4.78 is 5.02. The maximum absolute atomic E-state index is 5.02. The smallest absolute Gasteiger partial charge is 0.130 e. The highest BCUT2D eigenvalue weighted by Gasteiger charge is 2.14. The van der Waals surface area contributed by atoms with Crippen LogP contribution in [0.2, 0.25) is 0 Å². The highest BCUT2D eigenvalue weighted by molar-refractivity contribution is 5.37. The summed E-state index contributed by atoms with van der Waals surface area (Å²) >= 11 is 0. The van der Waals surface area contributed by atoms with Crippen LogP contribution in [0.15, 0.2) is 12.4 Å². The first-order valence-electron chi connectivity index (χ1n) is 5.15. The Morgan fingerprint density at radius 1 is 1.40 bits per heavy atom. The molecule has 0 atom stereocenters. The Hall–Kier alpha value is -1.16. The van der Waals surface area contributed by atoms with Crippen LogP contribution in [-0.4, -0.2) is 22.6 Å². The second kappa shape index (κ2) is 5.07. The lowest BCUT2D eigenvalue weighted by atomic mass is 10.0. The molecule has 15 heavy (non-hydrogen) atoms. The molecule has 0 unspecified atom stereocenters. The maximum atomic E-state index is 5.02. The molecule has 0 bridgehead atoms.